The lowest BCUT2D eigenvalue weighted by Crippen LogP contribution is -2.64. The number of aliphatic carboxylic acids is 1. The molecule has 10 nitrogen and oxygen atoms in total. The van der Waals surface area contributed by atoms with Crippen LogP contribution in [0.5, 0.6) is 0 Å². The summed E-state index contributed by atoms with van der Waals surface area (Å²) in [6.45, 7) is 7.73. The molecule has 1 aromatic carbocycles. The molecule has 0 radical (unpaired) electrons. The molecule has 2 rings (SSSR count). The van der Waals surface area contributed by atoms with Crippen molar-refractivity contribution in [1.29, 1.82) is 0 Å². The van der Waals surface area contributed by atoms with Gasteiger partial charge in [0.1, 0.15) is 18.1 Å². The maximum absolute atomic E-state index is 13.6. The number of nitrogens with one attached hydrogen (secondary N) is 1. The molecular formula is C25H34N4O6. The lowest BCUT2D eigenvalue weighted by molar-refractivity contribution is -0.155. The minimum absolute atomic E-state index is 0.107. The first-order valence-electron chi connectivity index (χ1n) is 11.6. The lowest BCUT2D eigenvalue weighted by atomic mass is 9.96. The van der Waals surface area contributed by atoms with Gasteiger partial charge in [0, 0.05) is 25.9 Å². The summed E-state index contributed by atoms with van der Waals surface area (Å²) in [4.78, 5) is 65.1. The van der Waals surface area contributed by atoms with Gasteiger partial charge < -0.3 is 26.0 Å². The Balaban J connectivity index is 2.36. The molecule has 3 atom stereocenters. The van der Waals surface area contributed by atoms with Crippen molar-refractivity contribution in [2.24, 2.45) is 11.7 Å². The van der Waals surface area contributed by atoms with Crippen LogP contribution in [0.15, 0.2) is 43.0 Å². The third-order valence-electron chi connectivity index (χ3n) is 5.92. The Kier molecular flexibility index (Phi) is 9.98. The summed E-state index contributed by atoms with van der Waals surface area (Å²) in [7, 11) is 0. The highest BCUT2D eigenvalue weighted by Crippen LogP contribution is 2.23. The Morgan fingerprint density at radius 1 is 1.20 bits per heavy atom. The summed E-state index contributed by atoms with van der Waals surface area (Å²) in [6, 6.07) is 5.97. The molecule has 4 amide bonds. The van der Waals surface area contributed by atoms with E-state index in [2.05, 4.69) is 11.9 Å². The number of amides is 4. The normalized spacial score (nSPS) is 17.6. The molecule has 1 heterocycles. The highest BCUT2D eigenvalue weighted by molar-refractivity contribution is 5.96. The van der Waals surface area contributed by atoms with Gasteiger partial charge in [0.2, 0.25) is 23.6 Å². The average molecular weight is 487 g/mol. The first-order chi connectivity index (χ1) is 16.5. The first kappa shape index (κ1) is 27.6. The van der Waals surface area contributed by atoms with Crippen molar-refractivity contribution in [3.63, 3.8) is 0 Å². The van der Waals surface area contributed by atoms with E-state index in [0.29, 0.717) is 6.42 Å². The fourth-order valence-corrected chi connectivity index (χ4v) is 4.16. The Morgan fingerprint density at radius 2 is 1.86 bits per heavy atom. The van der Waals surface area contributed by atoms with Gasteiger partial charge in [-0.3, -0.25) is 19.2 Å². The van der Waals surface area contributed by atoms with Crippen molar-refractivity contribution in [1.82, 2.24) is 15.1 Å². The molecule has 1 saturated heterocycles. The second-order valence-electron chi connectivity index (χ2n) is 9.02. The van der Waals surface area contributed by atoms with Gasteiger partial charge in [-0.05, 0) is 30.4 Å². The molecule has 0 aliphatic carbocycles. The zero-order valence-corrected chi connectivity index (χ0v) is 20.2. The summed E-state index contributed by atoms with van der Waals surface area (Å²) in [5.41, 5.74) is 5.92. The predicted molar refractivity (Wildman–Crippen MR) is 129 cm³/mol. The van der Waals surface area contributed by atoms with Crippen molar-refractivity contribution >= 4 is 29.6 Å². The highest BCUT2D eigenvalue weighted by atomic mass is 16.4. The Morgan fingerprint density at radius 3 is 2.40 bits per heavy atom. The van der Waals surface area contributed by atoms with Gasteiger partial charge in [-0.25, -0.2) is 4.79 Å². The topological polar surface area (TPSA) is 150 Å². The standard InChI is InChI=1S/C25H34N4O6/c1-4-22(31)28-12-13-29(24(33)20(28)14-16(2)3)19(15-17-8-6-5-7-9-17)23(32)27-18(25(34)35)10-11-21(26)30/h4-9,16,18-20H,1,10-15H2,2-3H3,(H2,26,30)(H,27,32)(H,34,35)/t18-,19-,20-/m0/s1. The molecule has 1 fully saturated rings. The number of carboxylic acids is 1. The van der Waals surface area contributed by atoms with Gasteiger partial charge in [0.05, 0.1) is 0 Å². The number of hydrogen-bond acceptors (Lipinski definition) is 5. The van der Waals surface area contributed by atoms with E-state index in [-0.39, 0.29) is 50.1 Å². The number of carbonyl (C=O) groups excluding carboxylic acids is 4. The molecule has 1 aliphatic rings. The molecule has 0 bridgehead atoms. The number of carbonyl (C=O) groups is 5. The fraction of sp³-hybridized carbons (Fsp3) is 0.480. The maximum atomic E-state index is 13.6. The minimum Gasteiger partial charge on any atom is -0.480 e. The van der Waals surface area contributed by atoms with Crippen LogP contribution in [0.25, 0.3) is 0 Å². The number of carboxylic acid groups (broad SMARTS) is 1. The minimum atomic E-state index is -1.33. The number of nitrogens with two attached hydrogens (primary N) is 1. The van der Waals surface area contributed by atoms with Crippen molar-refractivity contribution in [2.45, 2.75) is 57.7 Å². The lowest BCUT2D eigenvalue weighted by Gasteiger charge is -2.43. The third-order valence-corrected chi connectivity index (χ3v) is 5.92. The van der Waals surface area contributed by atoms with Crippen LogP contribution in [-0.2, 0) is 30.4 Å². The molecule has 190 valence electrons. The molecule has 0 unspecified atom stereocenters. The molecular weight excluding hydrogens is 452 g/mol. The zero-order valence-electron chi connectivity index (χ0n) is 20.2. The Bertz CT molecular complexity index is 949. The van der Waals surface area contributed by atoms with Gasteiger partial charge in [-0.2, -0.15) is 0 Å². The molecule has 0 aromatic heterocycles. The molecule has 0 saturated carbocycles. The molecule has 4 N–H and O–H groups in total. The highest BCUT2D eigenvalue weighted by Gasteiger charge is 2.42. The van der Waals surface area contributed by atoms with Crippen molar-refractivity contribution < 1.29 is 29.1 Å². The number of piperazine rings is 1. The summed E-state index contributed by atoms with van der Waals surface area (Å²) in [5, 5.41) is 12.0. The van der Waals surface area contributed by atoms with Crippen molar-refractivity contribution in [3.8, 4) is 0 Å². The van der Waals surface area contributed by atoms with Crippen LogP contribution < -0.4 is 11.1 Å². The Hall–Kier alpha value is -3.69. The van der Waals surface area contributed by atoms with Crippen LogP contribution in [0.4, 0.5) is 0 Å². The van der Waals surface area contributed by atoms with Gasteiger partial charge in [-0.15, -0.1) is 0 Å². The van der Waals surface area contributed by atoms with E-state index in [9.17, 15) is 29.1 Å². The van der Waals surface area contributed by atoms with E-state index in [4.69, 9.17) is 5.73 Å². The predicted octanol–water partition coefficient (Wildman–Crippen LogP) is 0.704. The average Bonchev–Trinajstić information content (AvgIpc) is 2.81. The molecule has 1 aliphatic heterocycles. The van der Waals surface area contributed by atoms with Crippen LogP contribution in [-0.4, -0.2) is 75.7 Å². The second-order valence-corrected chi connectivity index (χ2v) is 9.02. The largest absolute Gasteiger partial charge is 0.480 e. The number of hydrogen-bond donors (Lipinski definition) is 3. The third kappa shape index (κ3) is 7.66. The van der Waals surface area contributed by atoms with Crippen LogP contribution in [0.1, 0.15) is 38.7 Å². The first-order valence-corrected chi connectivity index (χ1v) is 11.6. The molecule has 10 heteroatoms. The number of primary amides is 1. The summed E-state index contributed by atoms with van der Waals surface area (Å²) >= 11 is 0. The van der Waals surface area contributed by atoms with E-state index < -0.39 is 35.9 Å². The molecule has 35 heavy (non-hydrogen) atoms. The van der Waals surface area contributed by atoms with Crippen LogP contribution in [0.3, 0.4) is 0 Å². The number of benzene rings is 1. The molecule has 0 spiro atoms. The van der Waals surface area contributed by atoms with Crippen LogP contribution >= 0.6 is 0 Å². The monoisotopic (exact) mass is 486 g/mol. The van der Waals surface area contributed by atoms with Gasteiger partial charge in [-0.1, -0.05) is 50.8 Å². The fourth-order valence-electron chi connectivity index (χ4n) is 4.16. The van der Waals surface area contributed by atoms with E-state index in [1.54, 1.807) is 12.1 Å². The summed E-state index contributed by atoms with van der Waals surface area (Å²) < 4.78 is 0. The molecule has 1 aromatic rings. The second kappa shape index (κ2) is 12.7. The zero-order chi connectivity index (χ0) is 26.1. The smallest absolute Gasteiger partial charge is 0.326 e. The maximum Gasteiger partial charge on any atom is 0.326 e. The van der Waals surface area contributed by atoms with E-state index in [1.807, 2.05) is 32.0 Å². The van der Waals surface area contributed by atoms with Crippen LogP contribution in [0, 0.1) is 5.92 Å². The van der Waals surface area contributed by atoms with E-state index >= 15 is 0 Å². The van der Waals surface area contributed by atoms with E-state index in [1.165, 1.54) is 15.9 Å². The number of rotatable bonds is 12. The Labute approximate surface area is 205 Å². The van der Waals surface area contributed by atoms with Gasteiger partial charge >= 0.3 is 5.97 Å². The van der Waals surface area contributed by atoms with Crippen molar-refractivity contribution in [3.05, 3.63) is 48.6 Å². The number of nitrogens with zero attached hydrogens (tertiary/aromatic N) is 2. The summed E-state index contributed by atoms with van der Waals surface area (Å²) in [6.07, 6.45) is 1.36. The quantitative estimate of drug-likeness (QED) is 0.370. The summed E-state index contributed by atoms with van der Waals surface area (Å²) in [5.74, 6) is -3.25. The van der Waals surface area contributed by atoms with Gasteiger partial charge in [0.25, 0.3) is 0 Å². The van der Waals surface area contributed by atoms with Crippen LogP contribution in [0.2, 0.25) is 0 Å². The van der Waals surface area contributed by atoms with Crippen molar-refractivity contribution in [2.75, 3.05) is 13.1 Å². The van der Waals surface area contributed by atoms with E-state index in [0.717, 1.165) is 5.56 Å². The SMILES string of the molecule is C=CC(=O)N1CCN([C@@H](Cc2ccccc2)C(=O)N[C@@H](CCC(N)=O)C(=O)O)C(=O)[C@@H]1CC(C)C. The van der Waals surface area contributed by atoms with Gasteiger partial charge in [0.15, 0.2) is 0 Å².